The molecular weight excluding hydrogens is 236 g/mol. The molecule has 1 aliphatic rings. The van der Waals surface area contributed by atoms with Crippen LogP contribution in [0.2, 0.25) is 5.15 Å². The van der Waals surface area contributed by atoms with Gasteiger partial charge in [0, 0.05) is 17.3 Å². The standard InChI is InChI=1S/C12H13ClN4/c1-7-6-11(15-8(2)14-7)17-12(13)9-4-3-5-10(9)16-17/h6H,3-5H2,1-2H3. The zero-order valence-corrected chi connectivity index (χ0v) is 10.6. The van der Waals surface area contributed by atoms with E-state index < -0.39 is 0 Å². The third-order valence-electron chi connectivity index (χ3n) is 3.01. The molecule has 5 heteroatoms. The Morgan fingerprint density at radius 3 is 2.76 bits per heavy atom. The predicted octanol–water partition coefficient (Wildman–Crippen LogP) is 2.42. The quantitative estimate of drug-likeness (QED) is 0.779. The Hall–Kier alpha value is -1.42. The topological polar surface area (TPSA) is 43.6 Å². The second-order valence-electron chi connectivity index (χ2n) is 4.40. The monoisotopic (exact) mass is 248 g/mol. The summed E-state index contributed by atoms with van der Waals surface area (Å²) in [5.41, 5.74) is 3.23. The van der Waals surface area contributed by atoms with E-state index in [9.17, 15) is 0 Å². The van der Waals surface area contributed by atoms with Crippen molar-refractivity contribution in [3.63, 3.8) is 0 Å². The molecule has 0 amide bonds. The molecule has 3 rings (SSSR count). The molecule has 17 heavy (non-hydrogen) atoms. The lowest BCUT2D eigenvalue weighted by Crippen LogP contribution is -2.04. The first-order valence-corrected chi connectivity index (χ1v) is 6.12. The van der Waals surface area contributed by atoms with Crippen molar-refractivity contribution in [1.29, 1.82) is 0 Å². The maximum Gasteiger partial charge on any atom is 0.159 e. The van der Waals surface area contributed by atoms with E-state index in [0.717, 1.165) is 42.3 Å². The average Bonchev–Trinajstić information content (AvgIpc) is 2.80. The van der Waals surface area contributed by atoms with E-state index >= 15 is 0 Å². The highest BCUT2D eigenvalue weighted by Gasteiger charge is 2.22. The number of rotatable bonds is 1. The Balaban J connectivity index is 2.15. The molecule has 1 aliphatic carbocycles. The molecular formula is C12H13ClN4. The van der Waals surface area contributed by atoms with Gasteiger partial charge in [-0.25, -0.2) is 14.6 Å². The highest BCUT2D eigenvalue weighted by molar-refractivity contribution is 6.30. The first kappa shape index (κ1) is 10.7. The van der Waals surface area contributed by atoms with E-state index in [1.165, 1.54) is 5.56 Å². The molecule has 0 aromatic carbocycles. The van der Waals surface area contributed by atoms with Gasteiger partial charge in [0.2, 0.25) is 0 Å². The summed E-state index contributed by atoms with van der Waals surface area (Å²) < 4.78 is 1.73. The van der Waals surface area contributed by atoms with Gasteiger partial charge in [0.05, 0.1) is 5.69 Å². The number of fused-ring (bicyclic) bond motifs is 1. The van der Waals surface area contributed by atoms with Crippen LogP contribution < -0.4 is 0 Å². The number of halogens is 1. The lowest BCUT2D eigenvalue weighted by molar-refractivity contribution is 0.774. The minimum atomic E-state index is 0.704. The molecule has 0 saturated carbocycles. The molecule has 0 unspecified atom stereocenters. The van der Waals surface area contributed by atoms with Crippen molar-refractivity contribution in [2.45, 2.75) is 33.1 Å². The van der Waals surface area contributed by atoms with Crippen LogP contribution in [-0.4, -0.2) is 19.7 Å². The minimum absolute atomic E-state index is 0.704. The molecule has 0 radical (unpaired) electrons. The molecule has 2 aromatic heterocycles. The van der Waals surface area contributed by atoms with Gasteiger partial charge in [-0.05, 0) is 33.1 Å². The number of nitrogens with zero attached hydrogens (tertiary/aromatic N) is 4. The fourth-order valence-electron chi connectivity index (χ4n) is 2.31. The molecule has 0 N–H and O–H groups in total. The van der Waals surface area contributed by atoms with Crippen LogP contribution in [0.4, 0.5) is 0 Å². The summed E-state index contributed by atoms with van der Waals surface area (Å²) in [4.78, 5) is 8.64. The van der Waals surface area contributed by atoms with Gasteiger partial charge in [0.25, 0.3) is 0 Å². The first-order chi connectivity index (χ1) is 8.15. The van der Waals surface area contributed by atoms with Crippen LogP contribution in [0.25, 0.3) is 5.82 Å². The van der Waals surface area contributed by atoms with Crippen LogP contribution >= 0.6 is 11.6 Å². The van der Waals surface area contributed by atoms with E-state index in [2.05, 4.69) is 15.1 Å². The average molecular weight is 249 g/mol. The zero-order chi connectivity index (χ0) is 12.0. The van der Waals surface area contributed by atoms with E-state index in [1.807, 2.05) is 19.9 Å². The maximum absolute atomic E-state index is 6.35. The van der Waals surface area contributed by atoms with Gasteiger partial charge in [-0.2, -0.15) is 5.10 Å². The molecule has 0 spiro atoms. The zero-order valence-electron chi connectivity index (χ0n) is 9.87. The summed E-state index contributed by atoms with van der Waals surface area (Å²) in [6.07, 6.45) is 3.20. The van der Waals surface area contributed by atoms with Gasteiger partial charge in [0.1, 0.15) is 11.0 Å². The fourth-order valence-corrected chi connectivity index (χ4v) is 2.64. The SMILES string of the molecule is Cc1cc(-n2nc3c(c2Cl)CCC3)nc(C)n1. The molecule has 4 nitrogen and oxygen atoms in total. The first-order valence-electron chi connectivity index (χ1n) is 5.74. The van der Waals surface area contributed by atoms with Gasteiger partial charge in [-0.3, -0.25) is 0 Å². The molecule has 0 atom stereocenters. The Kier molecular flexibility index (Phi) is 2.40. The van der Waals surface area contributed by atoms with Crippen molar-refractivity contribution in [3.8, 4) is 5.82 Å². The number of hydrogen-bond acceptors (Lipinski definition) is 3. The van der Waals surface area contributed by atoms with Crippen LogP contribution in [0.1, 0.15) is 29.2 Å². The van der Waals surface area contributed by atoms with Crippen LogP contribution in [0.15, 0.2) is 6.07 Å². The molecule has 0 aliphatic heterocycles. The minimum Gasteiger partial charge on any atom is -0.238 e. The second kappa shape index (κ2) is 3.81. The van der Waals surface area contributed by atoms with Gasteiger partial charge in [-0.1, -0.05) is 11.6 Å². The Bertz CT molecular complexity index is 568. The van der Waals surface area contributed by atoms with Gasteiger partial charge >= 0.3 is 0 Å². The molecule has 0 saturated heterocycles. The third-order valence-corrected chi connectivity index (χ3v) is 3.40. The lowest BCUT2D eigenvalue weighted by atomic mass is 10.3. The predicted molar refractivity (Wildman–Crippen MR) is 65.7 cm³/mol. The summed E-state index contributed by atoms with van der Waals surface area (Å²) in [6.45, 7) is 3.82. The lowest BCUT2D eigenvalue weighted by Gasteiger charge is -2.05. The molecule has 2 heterocycles. The van der Waals surface area contributed by atoms with Crippen LogP contribution in [0, 0.1) is 13.8 Å². The van der Waals surface area contributed by atoms with Crippen LogP contribution in [0.3, 0.4) is 0 Å². The van der Waals surface area contributed by atoms with Crippen LogP contribution in [-0.2, 0) is 12.8 Å². The second-order valence-corrected chi connectivity index (χ2v) is 4.75. The summed E-state index contributed by atoms with van der Waals surface area (Å²) >= 11 is 6.35. The molecule has 0 fully saturated rings. The van der Waals surface area contributed by atoms with E-state index in [0.29, 0.717) is 5.15 Å². The third kappa shape index (κ3) is 1.72. The summed E-state index contributed by atoms with van der Waals surface area (Å²) in [5.74, 6) is 1.50. The maximum atomic E-state index is 6.35. The van der Waals surface area contributed by atoms with Crippen molar-refractivity contribution < 1.29 is 0 Å². The highest BCUT2D eigenvalue weighted by Crippen LogP contribution is 2.29. The van der Waals surface area contributed by atoms with E-state index in [-0.39, 0.29) is 0 Å². The van der Waals surface area contributed by atoms with Crippen LogP contribution in [0.5, 0.6) is 0 Å². The Morgan fingerprint density at radius 2 is 2.06 bits per heavy atom. The normalized spacial score (nSPS) is 14.1. The van der Waals surface area contributed by atoms with E-state index in [4.69, 9.17) is 11.6 Å². The summed E-state index contributed by atoms with van der Waals surface area (Å²) in [6, 6.07) is 1.90. The van der Waals surface area contributed by atoms with Gasteiger partial charge in [0.15, 0.2) is 5.82 Å². The molecule has 0 bridgehead atoms. The fraction of sp³-hybridized carbons (Fsp3) is 0.417. The van der Waals surface area contributed by atoms with Crippen molar-refractivity contribution in [2.75, 3.05) is 0 Å². The van der Waals surface area contributed by atoms with Crippen molar-refractivity contribution >= 4 is 11.6 Å². The summed E-state index contributed by atoms with van der Waals surface area (Å²) in [7, 11) is 0. The number of hydrogen-bond donors (Lipinski definition) is 0. The van der Waals surface area contributed by atoms with Crippen molar-refractivity contribution in [1.82, 2.24) is 19.7 Å². The number of aryl methyl sites for hydroxylation is 3. The number of aromatic nitrogens is 4. The summed E-state index contributed by atoms with van der Waals surface area (Å²) in [5, 5.41) is 5.24. The molecule has 88 valence electrons. The Labute approximate surface area is 105 Å². The molecule has 2 aromatic rings. The van der Waals surface area contributed by atoms with Gasteiger partial charge < -0.3 is 0 Å². The highest BCUT2D eigenvalue weighted by atomic mass is 35.5. The largest absolute Gasteiger partial charge is 0.238 e. The van der Waals surface area contributed by atoms with E-state index in [1.54, 1.807) is 4.68 Å². The van der Waals surface area contributed by atoms with Crippen molar-refractivity contribution in [3.05, 3.63) is 34.0 Å². The van der Waals surface area contributed by atoms with Gasteiger partial charge in [-0.15, -0.1) is 0 Å². The van der Waals surface area contributed by atoms with Crippen molar-refractivity contribution in [2.24, 2.45) is 0 Å². The smallest absolute Gasteiger partial charge is 0.159 e. The Morgan fingerprint density at radius 1 is 1.24 bits per heavy atom.